The monoisotopic (exact) mass is 351 g/mol. The van der Waals surface area contributed by atoms with Gasteiger partial charge in [0.25, 0.3) is 10.0 Å². The molecule has 7 heteroatoms. The van der Waals surface area contributed by atoms with Crippen LogP contribution in [0.3, 0.4) is 0 Å². The molecule has 0 amide bonds. The third kappa shape index (κ3) is 3.72. The molecule has 0 aliphatic heterocycles. The molecule has 1 heterocycles. The molecule has 2 rings (SSSR count). The minimum Gasteiger partial charge on any atom is -0.495 e. The van der Waals surface area contributed by atoms with Crippen LogP contribution in [0.1, 0.15) is 46.4 Å². The lowest BCUT2D eigenvalue weighted by Crippen LogP contribution is -2.20. The summed E-state index contributed by atoms with van der Waals surface area (Å²) >= 11 is 0. The topological polar surface area (TPSA) is 73.2 Å². The molecule has 24 heavy (non-hydrogen) atoms. The standard InChI is InChI=1S/C17H25N3O3S/c1-12(2)20-11-15(16(18-20)17(3,4)5)24(21,22)19-13-9-7-8-10-14(13)23-6/h7-12,19H,1-6H3. The Morgan fingerprint density at radius 2 is 1.83 bits per heavy atom. The molecular formula is C17H25N3O3S. The van der Waals surface area contributed by atoms with Crippen LogP contribution in [0.15, 0.2) is 35.4 Å². The fourth-order valence-electron chi connectivity index (χ4n) is 2.28. The first-order valence-corrected chi connectivity index (χ1v) is 9.30. The number of ether oxygens (including phenoxy) is 1. The fraction of sp³-hybridized carbons (Fsp3) is 0.471. The highest BCUT2D eigenvalue weighted by Crippen LogP contribution is 2.31. The highest BCUT2D eigenvalue weighted by Gasteiger charge is 2.30. The first kappa shape index (κ1) is 18.3. The van der Waals surface area contributed by atoms with Crippen molar-refractivity contribution in [3.8, 4) is 5.75 Å². The summed E-state index contributed by atoms with van der Waals surface area (Å²) in [5.41, 5.74) is 0.543. The number of sulfonamides is 1. The van der Waals surface area contributed by atoms with Crippen molar-refractivity contribution < 1.29 is 13.2 Å². The molecule has 0 aliphatic carbocycles. The highest BCUT2D eigenvalue weighted by atomic mass is 32.2. The zero-order valence-electron chi connectivity index (χ0n) is 15.0. The molecule has 0 atom stereocenters. The summed E-state index contributed by atoms with van der Waals surface area (Å²) in [4.78, 5) is 0.189. The van der Waals surface area contributed by atoms with Crippen LogP contribution < -0.4 is 9.46 Å². The normalized spacial score (nSPS) is 12.5. The van der Waals surface area contributed by atoms with Crippen molar-refractivity contribution in [1.82, 2.24) is 9.78 Å². The third-order valence-electron chi connectivity index (χ3n) is 3.58. The van der Waals surface area contributed by atoms with E-state index in [4.69, 9.17) is 4.74 Å². The van der Waals surface area contributed by atoms with Crippen LogP contribution in [0, 0.1) is 0 Å². The molecule has 1 N–H and O–H groups in total. The van der Waals surface area contributed by atoms with E-state index in [1.54, 1.807) is 35.1 Å². The van der Waals surface area contributed by atoms with Crippen molar-refractivity contribution in [3.05, 3.63) is 36.2 Å². The fourth-order valence-corrected chi connectivity index (χ4v) is 3.70. The predicted molar refractivity (Wildman–Crippen MR) is 95.1 cm³/mol. The van der Waals surface area contributed by atoms with Crippen molar-refractivity contribution in [2.24, 2.45) is 0 Å². The number of hydrogen-bond donors (Lipinski definition) is 1. The lowest BCUT2D eigenvalue weighted by molar-refractivity contribution is 0.417. The minimum atomic E-state index is -3.79. The number of nitrogens with one attached hydrogen (secondary N) is 1. The van der Waals surface area contributed by atoms with Gasteiger partial charge in [0.05, 0.1) is 18.5 Å². The second-order valence-corrected chi connectivity index (χ2v) is 8.62. The third-order valence-corrected chi connectivity index (χ3v) is 4.95. The van der Waals surface area contributed by atoms with Gasteiger partial charge in [0.15, 0.2) is 0 Å². The Morgan fingerprint density at radius 3 is 2.38 bits per heavy atom. The molecule has 1 aromatic heterocycles. The molecule has 0 radical (unpaired) electrons. The largest absolute Gasteiger partial charge is 0.495 e. The number of benzene rings is 1. The van der Waals surface area contributed by atoms with Crippen LogP contribution in [0.25, 0.3) is 0 Å². The van der Waals surface area contributed by atoms with E-state index in [2.05, 4.69) is 9.82 Å². The van der Waals surface area contributed by atoms with Gasteiger partial charge in [-0.05, 0) is 26.0 Å². The molecule has 0 saturated carbocycles. The Hall–Kier alpha value is -2.02. The molecule has 0 bridgehead atoms. The summed E-state index contributed by atoms with van der Waals surface area (Å²) in [6.07, 6.45) is 1.59. The van der Waals surface area contributed by atoms with Crippen LogP contribution in [0.5, 0.6) is 5.75 Å². The van der Waals surface area contributed by atoms with Crippen molar-refractivity contribution in [2.75, 3.05) is 11.8 Å². The van der Waals surface area contributed by atoms with Crippen LogP contribution in [-0.4, -0.2) is 25.3 Å². The Morgan fingerprint density at radius 1 is 1.21 bits per heavy atom. The summed E-state index contributed by atoms with van der Waals surface area (Å²) in [5, 5.41) is 4.50. The van der Waals surface area contributed by atoms with Gasteiger partial charge in [-0.3, -0.25) is 9.40 Å². The Balaban J connectivity index is 2.53. The van der Waals surface area contributed by atoms with Crippen molar-refractivity contribution in [3.63, 3.8) is 0 Å². The minimum absolute atomic E-state index is 0.0707. The Labute approximate surface area is 143 Å². The zero-order chi connectivity index (χ0) is 18.1. The first-order valence-electron chi connectivity index (χ1n) is 7.81. The molecule has 0 saturated heterocycles. The number of anilines is 1. The quantitative estimate of drug-likeness (QED) is 0.894. The molecule has 0 unspecified atom stereocenters. The molecule has 0 fully saturated rings. The zero-order valence-corrected chi connectivity index (χ0v) is 15.8. The molecule has 132 valence electrons. The average molecular weight is 351 g/mol. The number of methoxy groups -OCH3 is 1. The average Bonchev–Trinajstić information content (AvgIpc) is 2.94. The van der Waals surface area contributed by atoms with Crippen molar-refractivity contribution in [2.45, 2.75) is 51.0 Å². The smallest absolute Gasteiger partial charge is 0.265 e. The van der Waals surface area contributed by atoms with Crippen LogP contribution in [0.2, 0.25) is 0 Å². The van der Waals surface area contributed by atoms with E-state index in [1.165, 1.54) is 7.11 Å². The van der Waals surface area contributed by atoms with Gasteiger partial charge in [-0.15, -0.1) is 0 Å². The second kappa shape index (κ2) is 6.47. The van der Waals surface area contributed by atoms with E-state index in [9.17, 15) is 8.42 Å². The Kier molecular flexibility index (Phi) is 4.94. The summed E-state index contributed by atoms with van der Waals surface area (Å²) in [5.74, 6) is 0.467. The lowest BCUT2D eigenvalue weighted by Gasteiger charge is -2.18. The molecule has 2 aromatic rings. The van der Waals surface area contributed by atoms with Gasteiger partial charge >= 0.3 is 0 Å². The lowest BCUT2D eigenvalue weighted by atomic mass is 9.92. The van der Waals surface area contributed by atoms with Crippen LogP contribution in [-0.2, 0) is 15.4 Å². The van der Waals surface area contributed by atoms with Crippen LogP contribution >= 0.6 is 0 Å². The maximum Gasteiger partial charge on any atom is 0.265 e. The predicted octanol–water partition coefficient (Wildman–Crippen LogP) is 3.57. The van der Waals surface area contributed by atoms with E-state index in [0.29, 0.717) is 17.1 Å². The SMILES string of the molecule is COc1ccccc1NS(=O)(=O)c1cn(C(C)C)nc1C(C)(C)C. The number of aromatic nitrogens is 2. The van der Waals surface area contributed by atoms with Gasteiger partial charge in [0.2, 0.25) is 0 Å². The van der Waals surface area contributed by atoms with Gasteiger partial charge < -0.3 is 4.74 Å². The van der Waals surface area contributed by atoms with Gasteiger partial charge in [-0.1, -0.05) is 32.9 Å². The van der Waals surface area contributed by atoms with Gasteiger partial charge in [-0.25, -0.2) is 8.42 Å². The maximum absolute atomic E-state index is 13.0. The van der Waals surface area contributed by atoms with E-state index in [-0.39, 0.29) is 10.9 Å². The molecule has 0 spiro atoms. The van der Waals surface area contributed by atoms with E-state index in [1.807, 2.05) is 34.6 Å². The van der Waals surface area contributed by atoms with Crippen molar-refractivity contribution >= 4 is 15.7 Å². The molecule has 1 aromatic carbocycles. The molecular weight excluding hydrogens is 326 g/mol. The van der Waals surface area contributed by atoms with Gasteiger partial charge in [-0.2, -0.15) is 5.10 Å². The first-order chi connectivity index (χ1) is 11.1. The number of para-hydroxylation sites is 2. The van der Waals surface area contributed by atoms with E-state index >= 15 is 0 Å². The summed E-state index contributed by atoms with van der Waals surface area (Å²) in [7, 11) is -2.28. The maximum atomic E-state index is 13.0. The summed E-state index contributed by atoms with van der Waals surface area (Å²) in [6, 6.07) is 6.98. The Bertz CT molecular complexity index is 818. The molecule has 0 aliphatic rings. The number of hydrogen-bond acceptors (Lipinski definition) is 4. The molecule has 6 nitrogen and oxygen atoms in total. The number of rotatable bonds is 5. The van der Waals surface area contributed by atoms with Crippen LogP contribution in [0.4, 0.5) is 5.69 Å². The summed E-state index contributed by atoms with van der Waals surface area (Å²) in [6.45, 7) is 9.76. The van der Waals surface area contributed by atoms with E-state index in [0.717, 1.165) is 0 Å². The van der Waals surface area contributed by atoms with Gasteiger partial charge in [0.1, 0.15) is 10.6 Å². The van der Waals surface area contributed by atoms with Crippen molar-refractivity contribution in [1.29, 1.82) is 0 Å². The highest BCUT2D eigenvalue weighted by molar-refractivity contribution is 7.92. The number of nitrogens with zero attached hydrogens (tertiary/aromatic N) is 2. The summed E-state index contributed by atoms with van der Waals surface area (Å²) < 4.78 is 35.4. The van der Waals surface area contributed by atoms with Gasteiger partial charge in [0, 0.05) is 17.7 Å². The van der Waals surface area contributed by atoms with E-state index < -0.39 is 15.4 Å². The second-order valence-electron chi connectivity index (χ2n) is 6.97.